The molecule has 0 bridgehead atoms. The standard InChI is InChI=1S/C37H59NO9/c1-20(19-45-23(4)41)8-7-9-21(2)26-10-11-27-31-28(13-15-37(26,27)6)36(5)14-12-25(42)16-24(36)17-29(31)46-35-32(38-22(3)40)34(44)33(43)30(18-39)47-35/h16,20-21,26-35,39,43-44H,7-15,17-19H2,1-6H3,(H,38,40). The van der Waals surface area contributed by atoms with Crippen LogP contribution in [0.2, 0.25) is 0 Å². The molecule has 5 aliphatic rings. The number of ketones is 1. The maximum absolute atomic E-state index is 12.7. The summed E-state index contributed by atoms with van der Waals surface area (Å²) < 4.78 is 18.2. The Balaban J connectivity index is 1.39. The SMILES string of the molecule is CC(=O)NC1C(OC2CC3=CC(=O)CCC3(C)C3CCC4(C)C(C(C)CCCC(C)COC(C)=O)CCC4C23)OC(CO)C(O)C1O. The third kappa shape index (κ3) is 7.23. The molecule has 5 rings (SSSR count). The van der Waals surface area contributed by atoms with Gasteiger partial charge in [-0.2, -0.15) is 0 Å². The quantitative estimate of drug-likeness (QED) is 0.240. The molecular formula is C37H59NO9. The van der Waals surface area contributed by atoms with Crippen LogP contribution in [0.1, 0.15) is 106 Å². The van der Waals surface area contributed by atoms with Gasteiger partial charge in [-0.1, -0.05) is 46.1 Å². The Morgan fingerprint density at radius 1 is 1.06 bits per heavy atom. The van der Waals surface area contributed by atoms with Crippen LogP contribution in [0.3, 0.4) is 0 Å². The van der Waals surface area contributed by atoms with Crippen molar-refractivity contribution >= 4 is 17.7 Å². The minimum atomic E-state index is -1.38. The summed E-state index contributed by atoms with van der Waals surface area (Å²) in [6.45, 7) is 12.1. The number of rotatable bonds is 11. The van der Waals surface area contributed by atoms with E-state index in [2.05, 4.69) is 33.0 Å². The van der Waals surface area contributed by atoms with Gasteiger partial charge < -0.3 is 34.8 Å². The summed E-state index contributed by atoms with van der Waals surface area (Å²) in [7, 11) is 0. The van der Waals surface area contributed by atoms with Crippen molar-refractivity contribution in [3.05, 3.63) is 11.6 Å². The second kappa shape index (κ2) is 14.6. The van der Waals surface area contributed by atoms with E-state index in [-0.39, 0.29) is 40.5 Å². The number of hydrogen-bond donors (Lipinski definition) is 4. The summed E-state index contributed by atoms with van der Waals surface area (Å²) in [4.78, 5) is 36.1. The monoisotopic (exact) mass is 661 g/mol. The molecule has 1 aliphatic heterocycles. The zero-order valence-electron chi connectivity index (χ0n) is 29.3. The van der Waals surface area contributed by atoms with Crippen LogP contribution in [0.5, 0.6) is 0 Å². The highest BCUT2D eigenvalue weighted by atomic mass is 16.7. The summed E-state index contributed by atoms with van der Waals surface area (Å²) in [5, 5.41) is 34.3. The third-order valence-electron chi connectivity index (χ3n) is 13.2. The van der Waals surface area contributed by atoms with Crippen LogP contribution in [0.15, 0.2) is 11.6 Å². The van der Waals surface area contributed by atoms with Gasteiger partial charge in [-0.05, 0) is 97.4 Å². The van der Waals surface area contributed by atoms with Gasteiger partial charge in [0.05, 0.1) is 19.3 Å². The summed E-state index contributed by atoms with van der Waals surface area (Å²) in [5.74, 6) is 1.93. The summed E-state index contributed by atoms with van der Waals surface area (Å²) in [6.07, 6.45) is 6.34. The van der Waals surface area contributed by atoms with Crippen LogP contribution in [0, 0.1) is 46.3 Å². The Hall–Kier alpha value is -1.85. The van der Waals surface area contributed by atoms with Crippen molar-refractivity contribution < 1.29 is 43.9 Å². The predicted octanol–water partition coefficient (Wildman–Crippen LogP) is 4.08. The van der Waals surface area contributed by atoms with E-state index in [1.54, 1.807) is 0 Å². The minimum Gasteiger partial charge on any atom is -0.466 e. The molecule has 0 aromatic rings. The number of aliphatic hydroxyl groups is 3. The summed E-state index contributed by atoms with van der Waals surface area (Å²) in [6, 6.07) is -1.01. The lowest BCUT2D eigenvalue weighted by atomic mass is 9.45. The lowest BCUT2D eigenvalue weighted by Crippen LogP contribution is -2.66. The molecule has 10 nitrogen and oxygen atoms in total. The fourth-order valence-electron chi connectivity index (χ4n) is 10.7. The number of amides is 1. The Morgan fingerprint density at radius 2 is 1.81 bits per heavy atom. The molecule has 4 N–H and O–H groups in total. The molecule has 0 radical (unpaired) electrons. The first-order chi connectivity index (χ1) is 22.2. The molecule has 3 saturated carbocycles. The van der Waals surface area contributed by atoms with Gasteiger partial charge in [-0.15, -0.1) is 0 Å². The van der Waals surface area contributed by atoms with Gasteiger partial charge in [0.25, 0.3) is 0 Å². The molecule has 4 aliphatic carbocycles. The van der Waals surface area contributed by atoms with Gasteiger partial charge in [0, 0.05) is 20.3 Å². The molecule has 47 heavy (non-hydrogen) atoms. The van der Waals surface area contributed by atoms with Gasteiger partial charge in [0.1, 0.15) is 24.4 Å². The van der Waals surface area contributed by atoms with E-state index in [1.807, 2.05) is 6.08 Å². The summed E-state index contributed by atoms with van der Waals surface area (Å²) >= 11 is 0. The number of nitrogens with one attached hydrogen (secondary N) is 1. The lowest BCUT2D eigenvalue weighted by Gasteiger charge is -2.61. The van der Waals surface area contributed by atoms with Gasteiger partial charge in [0.15, 0.2) is 12.1 Å². The van der Waals surface area contributed by atoms with Gasteiger partial charge in [-0.25, -0.2) is 0 Å². The first-order valence-corrected chi connectivity index (χ1v) is 18.1. The molecule has 0 aromatic carbocycles. The predicted molar refractivity (Wildman–Crippen MR) is 175 cm³/mol. The number of fused-ring (bicyclic) bond motifs is 5. The van der Waals surface area contributed by atoms with E-state index in [1.165, 1.54) is 13.8 Å². The normalized spacial score (nSPS) is 42.7. The number of esters is 1. The van der Waals surface area contributed by atoms with E-state index in [9.17, 15) is 29.7 Å². The molecule has 1 heterocycles. The molecule has 0 aromatic heterocycles. The van der Waals surface area contributed by atoms with Gasteiger partial charge in [-0.3, -0.25) is 14.4 Å². The van der Waals surface area contributed by atoms with Crippen LogP contribution in [-0.2, 0) is 28.6 Å². The molecule has 0 spiro atoms. The number of hydrogen-bond acceptors (Lipinski definition) is 9. The second-order valence-electron chi connectivity index (χ2n) is 16.2. The average Bonchev–Trinajstić information content (AvgIpc) is 3.37. The lowest BCUT2D eigenvalue weighted by molar-refractivity contribution is -0.296. The summed E-state index contributed by atoms with van der Waals surface area (Å²) in [5.41, 5.74) is 1.16. The van der Waals surface area contributed by atoms with Crippen LogP contribution in [-0.4, -0.2) is 82.9 Å². The molecule has 4 fully saturated rings. The van der Waals surface area contributed by atoms with Crippen molar-refractivity contribution in [2.75, 3.05) is 13.2 Å². The van der Waals surface area contributed by atoms with Crippen LogP contribution in [0.4, 0.5) is 0 Å². The largest absolute Gasteiger partial charge is 0.466 e. The molecule has 1 saturated heterocycles. The fourth-order valence-corrected chi connectivity index (χ4v) is 10.7. The van der Waals surface area contributed by atoms with E-state index >= 15 is 0 Å². The topological polar surface area (TPSA) is 152 Å². The van der Waals surface area contributed by atoms with Crippen molar-refractivity contribution in [2.24, 2.45) is 46.3 Å². The van der Waals surface area contributed by atoms with E-state index < -0.39 is 37.3 Å². The van der Waals surface area contributed by atoms with Gasteiger partial charge >= 0.3 is 5.97 Å². The number of ether oxygens (including phenoxy) is 3. The van der Waals surface area contributed by atoms with E-state index in [4.69, 9.17) is 14.2 Å². The van der Waals surface area contributed by atoms with Crippen molar-refractivity contribution in [3.63, 3.8) is 0 Å². The molecule has 10 heteroatoms. The van der Waals surface area contributed by atoms with Crippen LogP contribution < -0.4 is 5.32 Å². The molecule has 266 valence electrons. The molecule has 14 atom stereocenters. The van der Waals surface area contributed by atoms with Crippen molar-refractivity contribution in [3.8, 4) is 0 Å². The van der Waals surface area contributed by atoms with Crippen molar-refractivity contribution in [2.45, 2.75) is 142 Å². The zero-order valence-corrected chi connectivity index (χ0v) is 29.3. The molecule has 1 amide bonds. The smallest absolute Gasteiger partial charge is 0.302 e. The third-order valence-corrected chi connectivity index (χ3v) is 13.2. The Labute approximate surface area is 280 Å². The fraction of sp³-hybridized carbons (Fsp3) is 0.865. The van der Waals surface area contributed by atoms with Crippen LogP contribution >= 0.6 is 0 Å². The van der Waals surface area contributed by atoms with Gasteiger partial charge in [0.2, 0.25) is 5.91 Å². The minimum absolute atomic E-state index is 0.0879. The zero-order chi connectivity index (χ0) is 34.3. The average molecular weight is 662 g/mol. The highest BCUT2D eigenvalue weighted by Crippen LogP contribution is 2.68. The first kappa shape index (κ1) is 36.4. The Kier molecular flexibility index (Phi) is 11.3. The maximum atomic E-state index is 12.7. The maximum Gasteiger partial charge on any atom is 0.302 e. The number of carbonyl (C=O) groups is 3. The van der Waals surface area contributed by atoms with Crippen molar-refractivity contribution in [1.29, 1.82) is 0 Å². The highest BCUT2D eigenvalue weighted by molar-refractivity contribution is 5.91. The Morgan fingerprint density at radius 3 is 2.49 bits per heavy atom. The molecular weight excluding hydrogens is 602 g/mol. The molecule has 14 unspecified atom stereocenters. The second-order valence-corrected chi connectivity index (χ2v) is 16.2. The Bertz CT molecular complexity index is 1190. The van der Waals surface area contributed by atoms with Crippen LogP contribution in [0.25, 0.3) is 0 Å². The number of carbonyl (C=O) groups excluding carboxylic acids is 3. The van der Waals surface area contributed by atoms with E-state index in [0.717, 1.165) is 56.9 Å². The first-order valence-electron chi connectivity index (χ1n) is 18.1. The van der Waals surface area contributed by atoms with E-state index in [0.29, 0.717) is 49.0 Å². The number of aliphatic hydroxyl groups excluding tert-OH is 3. The highest BCUT2D eigenvalue weighted by Gasteiger charge is 2.63. The van der Waals surface area contributed by atoms with Crippen molar-refractivity contribution in [1.82, 2.24) is 5.32 Å².